The summed E-state index contributed by atoms with van der Waals surface area (Å²) in [4.78, 5) is 12.2. The molecule has 0 radical (unpaired) electrons. The van der Waals surface area contributed by atoms with E-state index in [1.165, 1.54) is 25.5 Å². The van der Waals surface area contributed by atoms with Gasteiger partial charge in [-0.15, -0.1) is 0 Å². The molecule has 0 fully saturated rings. The van der Waals surface area contributed by atoms with Crippen molar-refractivity contribution in [3.05, 3.63) is 53.6 Å². The van der Waals surface area contributed by atoms with Crippen LogP contribution in [-0.4, -0.2) is 32.9 Å². The number of hydrogen-bond donors (Lipinski definition) is 1. The summed E-state index contributed by atoms with van der Waals surface area (Å²) in [5.74, 6) is 1.77. The predicted octanol–water partition coefficient (Wildman–Crippen LogP) is 4.43. The zero-order valence-electron chi connectivity index (χ0n) is 16.7. The summed E-state index contributed by atoms with van der Waals surface area (Å²) in [7, 11) is 3.16. The first-order valence-electron chi connectivity index (χ1n) is 9.46. The van der Waals surface area contributed by atoms with E-state index in [9.17, 15) is 4.79 Å². The molecular formula is C22H28N2O4. The summed E-state index contributed by atoms with van der Waals surface area (Å²) in [5, 5.41) is 4.01. The lowest BCUT2D eigenvalue weighted by Crippen LogP contribution is -2.17. The summed E-state index contributed by atoms with van der Waals surface area (Å²) in [6.07, 6.45) is 6.18. The number of carbonyl (C=O) groups is 1. The lowest BCUT2D eigenvalue weighted by atomic mass is 10.2. The zero-order valence-corrected chi connectivity index (χ0v) is 16.7. The molecule has 0 saturated carbocycles. The Morgan fingerprint density at radius 3 is 2.43 bits per heavy atom. The first-order chi connectivity index (χ1) is 13.7. The maximum Gasteiger partial charge on any atom is 0.271 e. The third-order valence-electron chi connectivity index (χ3n) is 4.19. The molecule has 6 heteroatoms. The summed E-state index contributed by atoms with van der Waals surface area (Å²) >= 11 is 0. The summed E-state index contributed by atoms with van der Waals surface area (Å²) in [6.45, 7) is 2.88. The third kappa shape index (κ3) is 6.61. The number of amides is 1. The first kappa shape index (κ1) is 21.3. The second-order valence-corrected chi connectivity index (χ2v) is 6.24. The number of rotatable bonds is 11. The second kappa shape index (κ2) is 11.6. The Morgan fingerprint density at radius 1 is 1.00 bits per heavy atom. The SMILES string of the molecule is CCCCCCOc1ccc(C(=O)N/N=C/c2ccc(OC)cc2OC)cc1. The highest BCUT2D eigenvalue weighted by molar-refractivity contribution is 5.95. The largest absolute Gasteiger partial charge is 0.497 e. The van der Waals surface area contributed by atoms with Crippen molar-refractivity contribution >= 4 is 12.1 Å². The lowest BCUT2D eigenvalue weighted by molar-refractivity contribution is 0.0955. The monoisotopic (exact) mass is 384 g/mol. The third-order valence-corrected chi connectivity index (χ3v) is 4.19. The molecule has 0 aliphatic rings. The van der Waals surface area contributed by atoms with Crippen LogP contribution in [0.4, 0.5) is 0 Å². The molecule has 0 aromatic heterocycles. The van der Waals surface area contributed by atoms with Crippen molar-refractivity contribution in [1.82, 2.24) is 5.43 Å². The van der Waals surface area contributed by atoms with Gasteiger partial charge in [0, 0.05) is 17.2 Å². The number of hydrazone groups is 1. The van der Waals surface area contributed by atoms with E-state index in [0.29, 0.717) is 23.7 Å². The summed E-state index contributed by atoms with van der Waals surface area (Å²) < 4.78 is 16.1. The molecule has 0 aliphatic heterocycles. The van der Waals surface area contributed by atoms with Crippen LogP contribution in [0.2, 0.25) is 0 Å². The van der Waals surface area contributed by atoms with Crippen LogP contribution in [0, 0.1) is 0 Å². The van der Waals surface area contributed by atoms with E-state index in [1.807, 2.05) is 0 Å². The molecule has 0 bridgehead atoms. The number of hydrogen-bond acceptors (Lipinski definition) is 5. The fourth-order valence-corrected chi connectivity index (χ4v) is 2.57. The number of methoxy groups -OCH3 is 2. The van der Waals surface area contributed by atoms with Gasteiger partial charge < -0.3 is 14.2 Å². The van der Waals surface area contributed by atoms with Gasteiger partial charge in [-0.25, -0.2) is 5.43 Å². The smallest absolute Gasteiger partial charge is 0.271 e. The Morgan fingerprint density at radius 2 is 1.75 bits per heavy atom. The van der Waals surface area contributed by atoms with Gasteiger partial charge in [0.2, 0.25) is 0 Å². The van der Waals surface area contributed by atoms with Crippen LogP contribution in [0.15, 0.2) is 47.6 Å². The molecule has 1 N–H and O–H groups in total. The second-order valence-electron chi connectivity index (χ2n) is 6.24. The van der Waals surface area contributed by atoms with Gasteiger partial charge in [-0.1, -0.05) is 26.2 Å². The Hall–Kier alpha value is -3.02. The molecule has 28 heavy (non-hydrogen) atoms. The van der Waals surface area contributed by atoms with E-state index in [4.69, 9.17) is 14.2 Å². The van der Waals surface area contributed by atoms with E-state index in [1.54, 1.807) is 56.7 Å². The lowest BCUT2D eigenvalue weighted by Gasteiger charge is -2.07. The van der Waals surface area contributed by atoms with Crippen molar-refractivity contribution in [3.63, 3.8) is 0 Å². The van der Waals surface area contributed by atoms with Crippen LogP contribution in [-0.2, 0) is 0 Å². The molecule has 0 aliphatic carbocycles. The number of benzene rings is 2. The molecule has 6 nitrogen and oxygen atoms in total. The fourth-order valence-electron chi connectivity index (χ4n) is 2.57. The maximum absolute atomic E-state index is 12.2. The molecule has 0 saturated heterocycles. The van der Waals surface area contributed by atoms with Gasteiger partial charge in [0.05, 0.1) is 27.0 Å². The molecular weight excluding hydrogens is 356 g/mol. The minimum atomic E-state index is -0.293. The normalized spacial score (nSPS) is 10.7. The van der Waals surface area contributed by atoms with Gasteiger partial charge in [-0.2, -0.15) is 5.10 Å². The van der Waals surface area contributed by atoms with Gasteiger partial charge >= 0.3 is 0 Å². The van der Waals surface area contributed by atoms with Crippen molar-refractivity contribution in [3.8, 4) is 17.2 Å². The van der Waals surface area contributed by atoms with E-state index < -0.39 is 0 Å². The minimum absolute atomic E-state index is 0.293. The van der Waals surface area contributed by atoms with Gasteiger partial charge in [0.15, 0.2) is 0 Å². The Kier molecular flexibility index (Phi) is 8.85. The number of nitrogens with one attached hydrogen (secondary N) is 1. The van der Waals surface area contributed by atoms with Crippen LogP contribution in [0.3, 0.4) is 0 Å². The van der Waals surface area contributed by atoms with Crippen molar-refractivity contribution in [2.75, 3.05) is 20.8 Å². The average molecular weight is 384 g/mol. The molecule has 0 unspecified atom stereocenters. The van der Waals surface area contributed by atoms with Crippen LogP contribution in [0.25, 0.3) is 0 Å². The standard InChI is InChI=1S/C22H28N2O4/c1-4-5-6-7-14-28-19-11-8-17(9-12-19)22(25)24-23-16-18-10-13-20(26-2)15-21(18)27-3/h8-13,15-16H,4-7,14H2,1-3H3,(H,24,25)/b23-16+. The molecule has 2 aromatic carbocycles. The maximum atomic E-state index is 12.2. The number of nitrogens with zero attached hydrogens (tertiary/aromatic N) is 1. The summed E-state index contributed by atoms with van der Waals surface area (Å²) in [5.41, 5.74) is 3.76. The van der Waals surface area contributed by atoms with E-state index in [-0.39, 0.29) is 5.91 Å². The average Bonchev–Trinajstić information content (AvgIpc) is 2.74. The number of carbonyl (C=O) groups excluding carboxylic acids is 1. The predicted molar refractivity (Wildman–Crippen MR) is 111 cm³/mol. The van der Waals surface area contributed by atoms with Crippen LogP contribution < -0.4 is 19.6 Å². The highest BCUT2D eigenvalue weighted by atomic mass is 16.5. The Balaban J connectivity index is 1.86. The van der Waals surface area contributed by atoms with Crippen molar-refractivity contribution in [1.29, 1.82) is 0 Å². The Bertz CT molecular complexity index is 773. The van der Waals surface area contributed by atoms with Gasteiger partial charge in [-0.3, -0.25) is 4.79 Å². The molecule has 0 spiro atoms. The molecule has 1 amide bonds. The highest BCUT2D eigenvalue weighted by Crippen LogP contribution is 2.23. The molecule has 150 valence electrons. The number of unbranched alkanes of at least 4 members (excludes halogenated alkanes) is 3. The Labute approximate surface area is 166 Å². The van der Waals surface area contributed by atoms with Crippen LogP contribution in [0.5, 0.6) is 17.2 Å². The van der Waals surface area contributed by atoms with Gasteiger partial charge in [-0.05, 0) is 42.8 Å². The molecule has 0 heterocycles. The van der Waals surface area contributed by atoms with E-state index in [0.717, 1.165) is 17.7 Å². The zero-order chi connectivity index (χ0) is 20.2. The van der Waals surface area contributed by atoms with E-state index in [2.05, 4.69) is 17.5 Å². The summed E-state index contributed by atoms with van der Waals surface area (Å²) in [6, 6.07) is 12.4. The molecule has 0 atom stereocenters. The van der Waals surface area contributed by atoms with Crippen molar-refractivity contribution in [2.24, 2.45) is 5.10 Å². The topological polar surface area (TPSA) is 69.2 Å². The quantitative estimate of drug-likeness (QED) is 0.354. The van der Waals surface area contributed by atoms with Crippen LogP contribution >= 0.6 is 0 Å². The van der Waals surface area contributed by atoms with Gasteiger partial charge in [0.1, 0.15) is 17.2 Å². The minimum Gasteiger partial charge on any atom is -0.497 e. The van der Waals surface area contributed by atoms with Crippen molar-refractivity contribution < 1.29 is 19.0 Å². The van der Waals surface area contributed by atoms with E-state index >= 15 is 0 Å². The molecule has 2 aromatic rings. The highest BCUT2D eigenvalue weighted by Gasteiger charge is 2.06. The first-order valence-corrected chi connectivity index (χ1v) is 9.46. The molecule has 2 rings (SSSR count). The van der Waals surface area contributed by atoms with Gasteiger partial charge in [0.25, 0.3) is 5.91 Å². The fraction of sp³-hybridized carbons (Fsp3) is 0.364. The van der Waals surface area contributed by atoms with Crippen LogP contribution in [0.1, 0.15) is 48.5 Å². The van der Waals surface area contributed by atoms with Crippen molar-refractivity contribution in [2.45, 2.75) is 32.6 Å². The number of ether oxygens (including phenoxy) is 3.